The van der Waals surface area contributed by atoms with Crippen LogP contribution in [0.25, 0.3) is 11.3 Å². The molecular weight excluding hydrogens is 391 g/mol. The van der Waals surface area contributed by atoms with Crippen molar-refractivity contribution < 1.29 is 26.4 Å². The fourth-order valence-corrected chi connectivity index (χ4v) is 4.72. The second-order valence-corrected chi connectivity index (χ2v) is 8.44. The number of carbonyl (C=O) groups is 1. The van der Waals surface area contributed by atoms with Gasteiger partial charge in [0.2, 0.25) is 0 Å². The van der Waals surface area contributed by atoms with Gasteiger partial charge in [0.25, 0.3) is 10.0 Å². The van der Waals surface area contributed by atoms with Crippen LogP contribution in [0, 0.1) is 17.5 Å². The Bertz CT molecular complexity index is 1200. The highest BCUT2D eigenvalue weighted by molar-refractivity contribution is 7.90. The molecule has 0 atom stereocenters. The topological polar surface area (TPSA) is 56.1 Å². The third-order valence-corrected chi connectivity index (χ3v) is 6.35. The van der Waals surface area contributed by atoms with Gasteiger partial charge in [-0.25, -0.2) is 25.6 Å². The minimum absolute atomic E-state index is 0.0358. The molecule has 0 unspecified atom stereocenters. The van der Waals surface area contributed by atoms with Gasteiger partial charge < -0.3 is 0 Å². The third-order valence-electron chi connectivity index (χ3n) is 4.69. The largest absolute Gasteiger partial charge is 0.298 e. The standard InChI is InChI=1S/C20H14F3NO3S/c21-14-2-1-3-16(8-14)28(26,27)24-10-13(11-25)19(12-4-5-12)20(24)17-7-6-15(22)9-18(17)23/h1-3,6-12H,4-5H2. The summed E-state index contributed by atoms with van der Waals surface area (Å²) in [6.07, 6.45) is 3.07. The van der Waals surface area contributed by atoms with E-state index < -0.39 is 27.5 Å². The van der Waals surface area contributed by atoms with E-state index in [4.69, 9.17) is 0 Å². The van der Waals surface area contributed by atoms with Gasteiger partial charge in [0.1, 0.15) is 17.5 Å². The molecule has 1 aromatic heterocycles. The third kappa shape index (κ3) is 3.03. The van der Waals surface area contributed by atoms with E-state index in [0.29, 0.717) is 17.9 Å². The average Bonchev–Trinajstić information content (AvgIpc) is 3.41. The van der Waals surface area contributed by atoms with Gasteiger partial charge in [0.15, 0.2) is 6.29 Å². The highest BCUT2D eigenvalue weighted by Crippen LogP contribution is 2.47. The Labute approximate surface area is 159 Å². The molecule has 1 saturated carbocycles. The van der Waals surface area contributed by atoms with Gasteiger partial charge in [-0.15, -0.1) is 0 Å². The first-order chi connectivity index (χ1) is 13.3. The Balaban J connectivity index is 2.04. The van der Waals surface area contributed by atoms with Crippen molar-refractivity contribution >= 4 is 16.3 Å². The molecule has 1 aliphatic rings. The number of aromatic nitrogens is 1. The fraction of sp³-hybridized carbons (Fsp3) is 0.150. The summed E-state index contributed by atoms with van der Waals surface area (Å²) in [7, 11) is -4.33. The van der Waals surface area contributed by atoms with Crippen LogP contribution in [0.3, 0.4) is 0 Å². The molecule has 0 amide bonds. The van der Waals surface area contributed by atoms with E-state index in [-0.39, 0.29) is 27.6 Å². The summed E-state index contributed by atoms with van der Waals surface area (Å²) in [5.74, 6) is -2.60. The Kier molecular flexibility index (Phi) is 4.38. The summed E-state index contributed by atoms with van der Waals surface area (Å²) in [5, 5.41) is 0. The number of hydrogen-bond acceptors (Lipinski definition) is 3. The molecule has 0 aliphatic heterocycles. The minimum atomic E-state index is -4.33. The van der Waals surface area contributed by atoms with E-state index in [1.165, 1.54) is 12.1 Å². The molecule has 1 fully saturated rings. The molecular formula is C20H14F3NO3S. The van der Waals surface area contributed by atoms with Gasteiger partial charge in [0.05, 0.1) is 10.6 Å². The molecule has 1 aliphatic carbocycles. The lowest BCUT2D eigenvalue weighted by atomic mass is 10.0. The first kappa shape index (κ1) is 18.5. The van der Waals surface area contributed by atoms with Crippen LogP contribution in [0.5, 0.6) is 0 Å². The average molecular weight is 405 g/mol. The first-order valence-corrected chi connectivity index (χ1v) is 9.94. The zero-order valence-corrected chi connectivity index (χ0v) is 15.2. The minimum Gasteiger partial charge on any atom is -0.298 e. The lowest BCUT2D eigenvalue weighted by Crippen LogP contribution is -2.14. The maximum atomic E-state index is 14.6. The number of halogens is 3. The van der Waals surface area contributed by atoms with E-state index >= 15 is 0 Å². The van der Waals surface area contributed by atoms with Gasteiger partial charge in [0, 0.05) is 23.4 Å². The van der Waals surface area contributed by atoms with Gasteiger partial charge in [-0.2, -0.15) is 0 Å². The Morgan fingerprint density at radius 1 is 1.00 bits per heavy atom. The van der Waals surface area contributed by atoms with Crippen LogP contribution in [0.4, 0.5) is 13.2 Å². The molecule has 0 radical (unpaired) electrons. The van der Waals surface area contributed by atoms with Crippen molar-refractivity contribution in [3.63, 3.8) is 0 Å². The summed E-state index contributed by atoms with van der Waals surface area (Å²) in [5.41, 5.74) is 0.337. The maximum Gasteiger partial charge on any atom is 0.268 e. The van der Waals surface area contributed by atoms with Crippen LogP contribution in [0.2, 0.25) is 0 Å². The van der Waals surface area contributed by atoms with Crippen LogP contribution in [-0.2, 0) is 10.0 Å². The Morgan fingerprint density at radius 2 is 1.71 bits per heavy atom. The van der Waals surface area contributed by atoms with Gasteiger partial charge in [-0.05, 0) is 54.7 Å². The predicted molar refractivity (Wildman–Crippen MR) is 96.1 cm³/mol. The predicted octanol–water partition coefficient (Wildman–Crippen LogP) is 4.50. The quantitative estimate of drug-likeness (QED) is 0.588. The second kappa shape index (κ2) is 6.63. The van der Waals surface area contributed by atoms with E-state index in [9.17, 15) is 26.4 Å². The lowest BCUT2D eigenvalue weighted by Gasteiger charge is -2.13. The van der Waals surface area contributed by atoms with Crippen LogP contribution in [0.15, 0.2) is 53.6 Å². The summed E-state index contributed by atoms with van der Waals surface area (Å²) >= 11 is 0. The van der Waals surface area contributed by atoms with E-state index in [1.54, 1.807) is 0 Å². The van der Waals surface area contributed by atoms with Gasteiger partial charge >= 0.3 is 0 Å². The number of aldehydes is 1. The molecule has 3 aromatic rings. The van der Waals surface area contributed by atoms with Crippen molar-refractivity contribution in [2.45, 2.75) is 23.7 Å². The molecule has 1 heterocycles. The molecule has 2 aromatic carbocycles. The normalized spacial score (nSPS) is 14.2. The first-order valence-electron chi connectivity index (χ1n) is 8.50. The SMILES string of the molecule is O=Cc1cn(S(=O)(=O)c2cccc(F)c2)c(-c2ccc(F)cc2F)c1C1CC1. The molecule has 0 spiro atoms. The van der Waals surface area contributed by atoms with E-state index in [1.807, 2.05) is 0 Å². The van der Waals surface area contributed by atoms with Crippen molar-refractivity contribution in [1.82, 2.24) is 3.97 Å². The highest BCUT2D eigenvalue weighted by atomic mass is 32.2. The molecule has 4 nitrogen and oxygen atoms in total. The lowest BCUT2D eigenvalue weighted by molar-refractivity contribution is 0.112. The summed E-state index contributed by atoms with van der Waals surface area (Å²) in [6, 6.07) is 7.20. The zero-order valence-electron chi connectivity index (χ0n) is 14.4. The highest BCUT2D eigenvalue weighted by Gasteiger charge is 2.35. The summed E-state index contributed by atoms with van der Waals surface area (Å²) < 4.78 is 68.7. The van der Waals surface area contributed by atoms with Crippen LogP contribution in [-0.4, -0.2) is 18.7 Å². The van der Waals surface area contributed by atoms with E-state index in [2.05, 4.69) is 0 Å². The van der Waals surface area contributed by atoms with Crippen molar-refractivity contribution in [3.8, 4) is 11.3 Å². The fourth-order valence-electron chi connectivity index (χ4n) is 3.29. The number of hydrogen-bond donors (Lipinski definition) is 0. The monoisotopic (exact) mass is 405 g/mol. The number of benzene rings is 2. The van der Waals surface area contributed by atoms with Gasteiger partial charge in [-0.3, -0.25) is 4.79 Å². The molecule has 8 heteroatoms. The Hall–Kier alpha value is -2.87. The maximum absolute atomic E-state index is 14.6. The Morgan fingerprint density at radius 3 is 2.32 bits per heavy atom. The van der Waals surface area contributed by atoms with Crippen molar-refractivity contribution in [3.05, 3.63) is 77.2 Å². The number of rotatable bonds is 5. The van der Waals surface area contributed by atoms with Crippen molar-refractivity contribution in [2.24, 2.45) is 0 Å². The zero-order chi connectivity index (χ0) is 20.1. The van der Waals surface area contributed by atoms with E-state index in [0.717, 1.165) is 47.3 Å². The summed E-state index contributed by atoms with van der Waals surface area (Å²) in [4.78, 5) is 11.2. The molecule has 144 valence electrons. The van der Waals surface area contributed by atoms with Crippen LogP contribution >= 0.6 is 0 Å². The van der Waals surface area contributed by atoms with Crippen LogP contribution in [0.1, 0.15) is 34.7 Å². The summed E-state index contributed by atoms with van der Waals surface area (Å²) in [6.45, 7) is 0. The second-order valence-electron chi connectivity index (χ2n) is 6.62. The molecule has 4 rings (SSSR count). The van der Waals surface area contributed by atoms with Gasteiger partial charge in [-0.1, -0.05) is 6.07 Å². The molecule has 28 heavy (non-hydrogen) atoms. The van der Waals surface area contributed by atoms with Crippen molar-refractivity contribution in [2.75, 3.05) is 0 Å². The molecule has 0 N–H and O–H groups in total. The number of carbonyl (C=O) groups excluding carboxylic acids is 1. The number of nitrogens with zero attached hydrogens (tertiary/aromatic N) is 1. The smallest absolute Gasteiger partial charge is 0.268 e. The van der Waals surface area contributed by atoms with Crippen LogP contribution < -0.4 is 0 Å². The molecule has 0 bridgehead atoms. The van der Waals surface area contributed by atoms with Crippen molar-refractivity contribution in [1.29, 1.82) is 0 Å². The molecule has 0 saturated heterocycles.